The summed E-state index contributed by atoms with van der Waals surface area (Å²) in [5.74, 6) is 0. The first-order chi connectivity index (χ1) is 5.77. The van der Waals surface area contributed by atoms with Crippen molar-refractivity contribution in [1.29, 1.82) is 0 Å². The highest BCUT2D eigenvalue weighted by Gasteiger charge is 1.98. The molecule has 3 heteroatoms. The molecule has 0 fully saturated rings. The molecule has 0 radical (unpaired) electrons. The van der Waals surface area contributed by atoms with Crippen molar-refractivity contribution in [2.75, 3.05) is 12.8 Å². The summed E-state index contributed by atoms with van der Waals surface area (Å²) >= 11 is 0. The molecular formula is C9H13NO2. The van der Waals surface area contributed by atoms with Crippen LogP contribution in [0.1, 0.15) is 11.1 Å². The maximum Gasteiger partial charge on any atom is 0.0733 e. The fourth-order valence-corrected chi connectivity index (χ4v) is 1.03. The van der Waals surface area contributed by atoms with Crippen molar-refractivity contribution in [3.63, 3.8) is 0 Å². The van der Waals surface area contributed by atoms with Crippen molar-refractivity contribution >= 4 is 5.69 Å². The highest BCUT2D eigenvalue weighted by molar-refractivity contribution is 5.48. The van der Waals surface area contributed by atoms with Crippen molar-refractivity contribution in [1.82, 2.24) is 0 Å². The lowest BCUT2D eigenvalue weighted by atomic mass is 10.1. The fourth-order valence-electron chi connectivity index (χ4n) is 1.03. The molecular weight excluding hydrogens is 154 g/mol. The molecule has 1 aromatic rings. The summed E-state index contributed by atoms with van der Waals surface area (Å²) < 4.78 is 4.94. The van der Waals surface area contributed by atoms with E-state index in [1.807, 2.05) is 12.1 Å². The van der Waals surface area contributed by atoms with Crippen molar-refractivity contribution in [3.8, 4) is 0 Å². The lowest BCUT2D eigenvalue weighted by Gasteiger charge is -2.05. The Morgan fingerprint density at radius 1 is 1.50 bits per heavy atom. The van der Waals surface area contributed by atoms with Crippen LogP contribution >= 0.6 is 0 Å². The molecule has 0 aromatic heterocycles. The van der Waals surface area contributed by atoms with Gasteiger partial charge in [-0.15, -0.1) is 0 Å². The molecule has 0 bridgehead atoms. The maximum atomic E-state index is 8.80. The van der Waals surface area contributed by atoms with Gasteiger partial charge < -0.3 is 15.6 Å². The Morgan fingerprint density at radius 2 is 2.25 bits per heavy atom. The molecule has 0 aliphatic rings. The first-order valence-electron chi connectivity index (χ1n) is 3.75. The van der Waals surface area contributed by atoms with Crippen LogP contribution in [0.4, 0.5) is 5.69 Å². The molecule has 0 atom stereocenters. The summed E-state index contributed by atoms with van der Waals surface area (Å²) in [4.78, 5) is 0. The summed E-state index contributed by atoms with van der Waals surface area (Å²) in [7, 11) is 1.62. The van der Waals surface area contributed by atoms with Gasteiger partial charge in [-0.05, 0) is 11.6 Å². The van der Waals surface area contributed by atoms with Crippen LogP contribution in [0.5, 0.6) is 0 Å². The van der Waals surface area contributed by atoms with Crippen molar-refractivity contribution in [2.24, 2.45) is 0 Å². The Balaban J connectivity index is 2.87. The van der Waals surface area contributed by atoms with Crippen LogP contribution in [0.3, 0.4) is 0 Å². The first-order valence-corrected chi connectivity index (χ1v) is 3.75. The average molecular weight is 167 g/mol. The molecule has 1 rings (SSSR count). The van der Waals surface area contributed by atoms with Gasteiger partial charge >= 0.3 is 0 Å². The van der Waals surface area contributed by atoms with Crippen LogP contribution in [0.15, 0.2) is 18.2 Å². The van der Waals surface area contributed by atoms with E-state index in [0.29, 0.717) is 12.3 Å². The Morgan fingerprint density at radius 3 is 2.75 bits per heavy atom. The number of nitrogen functional groups attached to an aromatic ring is 1. The number of ether oxygens (including phenoxy) is 1. The first kappa shape index (κ1) is 9.03. The summed E-state index contributed by atoms with van der Waals surface area (Å²) in [6.07, 6.45) is 0. The Bertz CT molecular complexity index is 261. The average Bonchev–Trinajstić information content (AvgIpc) is 2.09. The Kier molecular flexibility index (Phi) is 3.08. The van der Waals surface area contributed by atoms with Crippen LogP contribution in [0.2, 0.25) is 0 Å². The SMILES string of the molecule is COCc1ccc(CO)cc1N. The maximum absolute atomic E-state index is 8.80. The number of benzene rings is 1. The van der Waals surface area contributed by atoms with Gasteiger partial charge in [0.05, 0.1) is 13.2 Å². The monoisotopic (exact) mass is 167 g/mol. The van der Waals surface area contributed by atoms with Gasteiger partial charge in [0.25, 0.3) is 0 Å². The molecule has 0 saturated carbocycles. The Labute approximate surface area is 71.8 Å². The predicted molar refractivity (Wildman–Crippen MR) is 47.5 cm³/mol. The van der Waals surface area contributed by atoms with Crippen molar-refractivity contribution in [3.05, 3.63) is 29.3 Å². The number of hydrogen-bond donors (Lipinski definition) is 2. The molecule has 66 valence electrons. The molecule has 0 aliphatic heterocycles. The smallest absolute Gasteiger partial charge is 0.0733 e. The van der Waals surface area contributed by atoms with Crippen LogP contribution < -0.4 is 5.73 Å². The third kappa shape index (κ3) is 1.96. The lowest BCUT2D eigenvalue weighted by Crippen LogP contribution is -1.97. The minimum Gasteiger partial charge on any atom is -0.398 e. The minimum atomic E-state index is 0.0253. The summed E-state index contributed by atoms with van der Waals surface area (Å²) in [5, 5.41) is 8.80. The van der Waals surface area contributed by atoms with Crippen LogP contribution in [0, 0.1) is 0 Å². The number of nitrogens with two attached hydrogens (primary N) is 1. The van der Waals surface area contributed by atoms with Gasteiger partial charge in [0.2, 0.25) is 0 Å². The van der Waals surface area contributed by atoms with Gasteiger partial charge in [-0.1, -0.05) is 12.1 Å². The third-order valence-corrected chi connectivity index (χ3v) is 1.69. The molecule has 1 aromatic carbocycles. The molecule has 0 saturated heterocycles. The van der Waals surface area contributed by atoms with Gasteiger partial charge in [0.1, 0.15) is 0 Å². The van der Waals surface area contributed by atoms with E-state index in [-0.39, 0.29) is 6.61 Å². The zero-order chi connectivity index (χ0) is 8.97. The third-order valence-electron chi connectivity index (χ3n) is 1.69. The predicted octanol–water partition coefficient (Wildman–Crippen LogP) is 0.908. The molecule has 3 nitrogen and oxygen atoms in total. The number of aliphatic hydroxyl groups is 1. The van der Waals surface area contributed by atoms with Crippen LogP contribution in [-0.4, -0.2) is 12.2 Å². The largest absolute Gasteiger partial charge is 0.398 e. The zero-order valence-electron chi connectivity index (χ0n) is 7.08. The second kappa shape index (κ2) is 4.09. The quantitative estimate of drug-likeness (QED) is 0.658. The second-order valence-corrected chi connectivity index (χ2v) is 2.62. The van der Waals surface area contributed by atoms with Gasteiger partial charge in [0, 0.05) is 18.4 Å². The van der Waals surface area contributed by atoms with Crippen LogP contribution in [-0.2, 0) is 18.0 Å². The van der Waals surface area contributed by atoms with E-state index in [1.54, 1.807) is 13.2 Å². The number of aliphatic hydroxyl groups excluding tert-OH is 1. The second-order valence-electron chi connectivity index (χ2n) is 2.62. The minimum absolute atomic E-state index is 0.0253. The summed E-state index contributed by atoms with van der Waals surface area (Å²) in [5.41, 5.74) is 8.14. The summed E-state index contributed by atoms with van der Waals surface area (Å²) in [6.45, 7) is 0.537. The molecule has 0 unspecified atom stereocenters. The normalized spacial score (nSPS) is 10.2. The Hall–Kier alpha value is -1.06. The molecule has 0 amide bonds. The van der Waals surface area contributed by atoms with Crippen LogP contribution in [0.25, 0.3) is 0 Å². The summed E-state index contributed by atoms with van der Waals surface area (Å²) in [6, 6.07) is 5.46. The molecule has 0 aliphatic carbocycles. The van der Waals surface area contributed by atoms with Gasteiger partial charge in [-0.3, -0.25) is 0 Å². The molecule has 0 spiro atoms. The molecule has 12 heavy (non-hydrogen) atoms. The number of anilines is 1. The molecule has 3 N–H and O–H groups in total. The van der Waals surface area contributed by atoms with Gasteiger partial charge in [-0.2, -0.15) is 0 Å². The zero-order valence-corrected chi connectivity index (χ0v) is 7.08. The molecule has 0 heterocycles. The van der Waals surface area contributed by atoms with Gasteiger partial charge in [0.15, 0.2) is 0 Å². The van der Waals surface area contributed by atoms with E-state index in [4.69, 9.17) is 15.6 Å². The number of rotatable bonds is 3. The standard InChI is InChI=1S/C9H13NO2/c1-12-6-8-3-2-7(5-11)4-9(8)10/h2-4,11H,5-6,10H2,1H3. The number of methoxy groups -OCH3 is 1. The topological polar surface area (TPSA) is 55.5 Å². The van der Waals surface area contributed by atoms with E-state index in [1.165, 1.54) is 0 Å². The van der Waals surface area contributed by atoms with Crippen molar-refractivity contribution in [2.45, 2.75) is 13.2 Å². The van der Waals surface area contributed by atoms with E-state index >= 15 is 0 Å². The van der Waals surface area contributed by atoms with Gasteiger partial charge in [-0.25, -0.2) is 0 Å². The lowest BCUT2D eigenvalue weighted by molar-refractivity contribution is 0.185. The highest BCUT2D eigenvalue weighted by Crippen LogP contribution is 2.14. The van der Waals surface area contributed by atoms with E-state index in [2.05, 4.69) is 0 Å². The number of hydrogen-bond acceptors (Lipinski definition) is 3. The van der Waals surface area contributed by atoms with E-state index < -0.39 is 0 Å². The van der Waals surface area contributed by atoms with E-state index in [9.17, 15) is 0 Å². The van der Waals surface area contributed by atoms with E-state index in [0.717, 1.165) is 11.1 Å². The van der Waals surface area contributed by atoms with Crippen molar-refractivity contribution < 1.29 is 9.84 Å². The fraction of sp³-hybridized carbons (Fsp3) is 0.333. The highest BCUT2D eigenvalue weighted by atomic mass is 16.5.